The van der Waals surface area contributed by atoms with Gasteiger partial charge in [0.2, 0.25) is 21.8 Å². The van der Waals surface area contributed by atoms with E-state index in [1.807, 2.05) is 11.8 Å². The molecule has 3 heterocycles. The van der Waals surface area contributed by atoms with Gasteiger partial charge in [0.1, 0.15) is 5.76 Å². The molecule has 11 heteroatoms. The van der Waals surface area contributed by atoms with Crippen LogP contribution in [0.5, 0.6) is 0 Å². The van der Waals surface area contributed by atoms with Gasteiger partial charge in [0, 0.05) is 24.7 Å². The van der Waals surface area contributed by atoms with Crippen molar-refractivity contribution in [2.75, 3.05) is 18.8 Å². The van der Waals surface area contributed by atoms with Gasteiger partial charge in [0.05, 0.1) is 23.3 Å². The Hall–Kier alpha value is -2.27. The zero-order chi connectivity index (χ0) is 21.7. The summed E-state index contributed by atoms with van der Waals surface area (Å²) in [4.78, 5) is 19.3. The summed E-state index contributed by atoms with van der Waals surface area (Å²) in [6, 6.07) is -0.216. The van der Waals surface area contributed by atoms with Crippen LogP contribution in [0.1, 0.15) is 48.5 Å². The van der Waals surface area contributed by atoms with E-state index in [1.54, 1.807) is 20.8 Å². The predicted octanol–water partition coefficient (Wildman–Crippen LogP) is 1.02. The van der Waals surface area contributed by atoms with Gasteiger partial charge in [-0.15, -0.1) is 0 Å². The van der Waals surface area contributed by atoms with E-state index in [0.29, 0.717) is 43.4 Å². The van der Waals surface area contributed by atoms with Crippen LogP contribution in [0, 0.1) is 26.7 Å². The number of nitrogens with zero attached hydrogens (tertiary/aromatic N) is 4. The van der Waals surface area contributed by atoms with E-state index in [4.69, 9.17) is 9.05 Å². The molecule has 0 unspecified atom stereocenters. The van der Waals surface area contributed by atoms with Crippen LogP contribution in [0.25, 0.3) is 0 Å². The molecule has 1 amide bonds. The Morgan fingerprint density at radius 2 is 2.03 bits per heavy atom. The third-order valence-corrected chi connectivity index (χ3v) is 7.87. The number of likely N-dealkylation sites (tertiary alicyclic amines) is 1. The Morgan fingerprint density at radius 1 is 1.27 bits per heavy atom. The molecule has 2 aliphatic rings. The minimum absolute atomic E-state index is 0.0138. The normalized spacial score (nSPS) is 26.3. The monoisotopic (exact) mass is 437 g/mol. The second-order valence-corrected chi connectivity index (χ2v) is 10.5. The van der Waals surface area contributed by atoms with E-state index in [1.165, 1.54) is 0 Å². The predicted molar refractivity (Wildman–Crippen MR) is 106 cm³/mol. The zero-order valence-corrected chi connectivity index (χ0v) is 18.5. The number of hydrogen-bond donors (Lipinski definition) is 1. The van der Waals surface area contributed by atoms with Gasteiger partial charge in [-0.05, 0) is 46.5 Å². The van der Waals surface area contributed by atoms with Crippen molar-refractivity contribution in [3.63, 3.8) is 0 Å². The summed E-state index contributed by atoms with van der Waals surface area (Å²) in [7, 11) is -3.33. The molecule has 1 saturated heterocycles. The van der Waals surface area contributed by atoms with Gasteiger partial charge in [-0.2, -0.15) is 4.98 Å². The molecule has 1 aliphatic heterocycles. The van der Waals surface area contributed by atoms with Gasteiger partial charge < -0.3 is 13.9 Å². The van der Waals surface area contributed by atoms with Gasteiger partial charge in [0.25, 0.3) is 0 Å². The van der Waals surface area contributed by atoms with E-state index in [2.05, 4.69) is 20.0 Å². The molecule has 4 rings (SSSR count). The van der Waals surface area contributed by atoms with Crippen molar-refractivity contribution >= 4 is 15.9 Å². The summed E-state index contributed by atoms with van der Waals surface area (Å²) >= 11 is 0. The highest BCUT2D eigenvalue weighted by atomic mass is 32.2. The Bertz CT molecular complexity index is 1040. The molecule has 2 aromatic rings. The van der Waals surface area contributed by atoms with Crippen LogP contribution in [-0.4, -0.2) is 59.4 Å². The van der Waals surface area contributed by atoms with Gasteiger partial charge in [-0.1, -0.05) is 10.3 Å². The first-order valence-corrected chi connectivity index (χ1v) is 11.8. The Kier molecular flexibility index (Phi) is 5.21. The third kappa shape index (κ3) is 3.64. The molecule has 10 nitrogen and oxygen atoms in total. The van der Waals surface area contributed by atoms with Crippen LogP contribution in [0.2, 0.25) is 0 Å². The largest absolute Gasteiger partial charge is 0.361 e. The average molecular weight is 438 g/mol. The van der Waals surface area contributed by atoms with Crippen molar-refractivity contribution < 1.29 is 22.3 Å². The molecular formula is C19H27N5O5S. The van der Waals surface area contributed by atoms with Crippen LogP contribution < -0.4 is 4.72 Å². The SMILES string of the molecule is CCS(=O)(=O)N[C@@H]1C[C@H]2CN(C(=O)Cc3c(C)noc3C)C[C@@]2(c2nc(C)no2)C1. The first kappa shape index (κ1) is 21.0. The number of nitrogens with one attached hydrogen (secondary N) is 1. The number of aryl methyl sites for hydroxylation is 3. The maximum Gasteiger partial charge on any atom is 0.235 e. The summed E-state index contributed by atoms with van der Waals surface area (Å²) in [5.41, 5.74) is 0.987. The van der Waals surface area contributed by atoms with Crippen LogP contribution in [0.3, 0.4) is 0 Å². The summed E-state index contributed by atoms with van der Waals surface area (Å²) in [5, 5.41) is 7.86. The zero-order valence-electron chi connectivity index (χ0n) is 17.6. The molecule has 0 aromatic carbocycles. The molecular weight excluding hydrogens is 410 g/mol. The number of carbonyl (C=O) groups excluding carboxylic acids is 1. The number of hydrogen-bond acceptors (Lipinski definition) is 8. The van der Waals surface area contributed by atoms with Gasteiger partial charge >= 0.3 is 0 Å². The lowest BCUT2D eigenvalue weighted by atomic mass is 9.80. The van der Waals surface area contributed by atoms with E-state index >= 15 is 0 Å². The number of aromatic nitrogens is 3. The van der Waals surface area contributed by atoms with Crippen LogP contribution in [-0.2, 0) is 26.7 Å². The molecule has 1 N–H and O–H groups in total. The van der Waals surface area contributed by atoms with Crippen LogP contribution in [0.4, 0.5) is 0 Å². The van der Waals surface area contributed by atoms with Crippen molar-refractivity contribution in [2.45, 2.75) is 58.4 Å². The lowest BCUT2D eigenvalue weighted by Gasteiger charge is -2.25. The van der Waals surface area contributed by atoms with Gasteiger partial charge in [0.15, 0.2) is 5.82 Å². The fraction of sp³-hybridized carbons (Fsp3) is 0.684. The third-order valence-electron chi connectivity index (χ3n) is 6.42. The molecule has 2 fully saturated rings. The topological polar surface area (TPSA) is 131 Å². The quantitative estimate of drug-likeness (QED) is 0.709. The van der Waals surface area contributed by atoms with E-state index < -0.39 is 15.4 Å². The Balaban J connectivity index is 1.57. The van der Waals surface area contributed by atoms with Crippen molar-refractivity contribution in [3.8, 4) is 0 Å². The number of rotatable bonds is 6. The van der Waals surface area contributed by atoms with Gasteiger partial charge in [-0.25, -0.2) is 13.1 Å². The van der Waals surface area contributed by atoms with Crippen LogP contribution in [0.15, 0.2) is 9.05 Å². The summed E-state index contributed by atoms with van der Waals surface area (Å²) in [5.74, 6) is 1.71. The number of amides is 1. The number of sulfonamides is 1. The van der Waals surface area contributed by atoms with Crippen molar-refractivity contribution in [1.29, 1.82) is 0 Å². The van der Waals surface area contributed by atoms with Crippen molar-refractivity contribution in [3.05, 3.63) is 28.7 Å². The standard InChI is InChI=1S/C19H27N5O5S/c1-5-30(26,27)23-15-6-14-9-24(17(25)7-16-11(2)21-28-12(16)3)10-19(14,8-15)18-20-13(4)22-29-18/h14-15,23H,5-10H2,1-4H3/t14-,15+,19-/m0/s1. The molecule has 3 atom stereocenters. The van der Waals surface area contributed by atoms with Crippen molar-refractivity contribution in [2.24, 2.45) is 5.92 Å². The Labute approximate surface area is 175 Å². The molecule has 164 valence electrons. The van der Waals surface area contributed by atoms with E-state index in [0.717, 1.165) is 11.3 Å². The van der Waals surface area contributed by atoms with E-state index in [-0.39, 0.29) is 30.0 Å². The fourth-order valence-corrected chi connectivity index (χ4v) is 5.69. The highest BCUT2D eigenvalue weighted by Gasteiger charge is 2.58. The first-order valence-electron chi connectivity index (χ1n) is 10.1. The van der Waals surface area contributed by atoms with Crippen molar-refractivity contribution in [1.82, 2.24) is 24.9 Å². The molecule has 1 saturated carbocycles. The number of fused-ring (bicyclic) bond motifs is 1. The van der Waals surface area contributed by atoms with Gasteiger partial charge in [-0.3, -0.25) is 4.79 Å². The maximum absolute atomic E-state index is 13.1. The number of carbonyl (C=O) groups is 1. The maximum atomic E-state index is 13.1. The second-order valence-electron chi connectivity index (χ2n) is 8.41. The smallest absolute Gasteiger partial charge is 0.235 e. The molecule has 1 aliphatic carbocycles. The molecule has 0 radical (unpaired) electrons. The Morgan fingerprint density at radius 3 is 2.63 bits per heavy atom. The fourth-order valence-electron chi connectivity index (χ4n) is 4.84. The lowest BCUT2D eigenvalue weighted by molar-refractivity contribution is -0.129. The summed E-state index contributed by atoms with van der Waals surface area (Å²) < 4.78 is 37.7. The highest BCUT2D eigenvalue weighted by Crippen LogP contribution is 2.50. The summed E-state index contributed by atoms with van der Waals surface area (Å²) in [6.07, 6.45) is 1.36. The molecule has 2 aromatic heterocycles. The average Bonchev–Trinajstić information content (AvgIpc) is 3.41. The first-order chi connectivity index (χ1) is 14.1. The second kappa shape index (κ2) is 7.45. The molecule has 0 bridgehead atoms. The molecule has 30 heavy (non-hydrogen) atoms. The van der Waals surface area contributed by atoms with Crippen LogP contribution >= 0.6 is 0 Å². The summed E-state index contributed by atoms with van der Waals surface area (Å²) in [6.45, 7) is 7.93. The molecule has 0 spiro atoms. The highest BCUT2D eigenvalue weighted by molar-refractivity contribution is 7.89. The minimum Gasteiger partial charge on any atom is -0.361 e. The minimum atomic E-state index is -3.33. The van der Waals surface area contributed by atoms with E-state index in [9.17, 15) is 13.2 Å². The lowest BCUT2D eigenvalue weighted by Crippen LogP contribution is -2.40.